The van der Waals surface area contributed by atoms with Gasteiger partial charge in [-0.15, -0.1) is 0 Å². The van der Waals surface area contributed by atoms with Gasteiger partial charge in [-0.25, -0.2) is 0 Å². The van der Waals surface area contributed by atoms with Crippen LogP contribution < -0.4 is 5.73 Å². The summed E-state index contributed by atoms with van der Waals surface area (Å²) >= 11 is 0. The Morgan fingerprint density at radius 3 is 2.47 bits per heavy atom. The van der Waals surface area contributed by atoms with Gasteiger partial charge in [0.05, 0.1) is 18.6 Å². The Bertz CT molecular complexity index is 268. The van der Waals surface area contributed by atoms with Gasteiger partial charge in [-0.3, -0.25) is 4.79 Å². The molecule has 1 aliphatic heterocycles. The van der Waals surface area contributed by atoms with Crippen molar-refractivity contribution in [2.45, 2.75) is 70.3 Å². The second-order valence-corrected chi connectivity index (χ2v) is 5.55. The molecule has 4 heteroatoms. The topological polar surface area (TPSA) is 61.5 Å². The van der Waals surface area contributed by atoms with Gasteiger partial charge in [0.2, 0.25) is 0 Å². The number of hydrogen-bond acceptors (Lipinski definition) is 4. The predicted molar refractivity (Wildman–Crippen MR) is 64.4 cm³/mol. The summed E-state index contributed by atoms with van der Waals surface area (Å²) in [7, 11) is 0. The number of esters is 1. The Kier molecular flexibility index (Phi) is 4.05. The van der Waals surface area contributed by atoms with E-state index in [9.17, 15) is 4.79 Å². The van der Waals surface area contributed by atoms with Crippen molar-refractivity contribution < 1.29 is 14.3 Å². The number of rotatable bonds is 4. The fourth-order valence-corrected chi connectivity index (χ4v) is 2.56. The summed E-state index contributed by atoms with van der Waals surface area (Å²) in [6.45, 7) is 4.04. The zero-order valence-corrected chi connectivity index (χ0v) is 10.7. The first-order valence-corrected chi connectivity index (χ1v) is 6.65. The highest BCUT2D eigenvalue weighted by Crippen LogP contribution is 2.33. The highest BCUT2D eigenvalue weighted by Gasteiger charge is 2.32. The number of hydrogen-bond donors (Lipinski definition) is 1. The van der Waals surface area contributed by atoms with E-state index in [0.29, 0.717) is 12.3 Å². The van der Waals surface area contributed by atoms with Crippen LogP contribution in [0.15, 0.2) is 0 Å². The number of ether oxygens (including phenoxy) is 2. The van der Waals surface area contributed by atoms with Crippen LogP contribution in [-0.2, 0) is 14.3 Å². The van der Waals surface area contributed by atoms with Crippen molar-refractivity contribution in [1.29, 1.82) is 0 Å². The molecule has 0 aromatic heterocycles. The van der Waals surface area contributed by atoms with E-state index >= 15 is 0 Å². The average molecular weight is 241 g/mol. The highest BCUT2D eigenvalue weighted by atomic mass is 16.6. The lowest BCUT2D eigenvalue weighted by Gasteiger charge is -2.31. The van der Waals surface area contributed by atoms with Crippen LogP contribution in [0.1, 0.15) is 46.0 Å². The lowest BCUT2D eigenvalue weighted by atomic mass is 10.0. The first-order chi connectivity index (χ1) is 8.04. The van der Waals surface area contributed by atoms with Crippen LogP contribution in [0.3, 0.4) is 0 Å². The third-order valence-corrected chi connectivity index (χ3v) is 3.58. The van der Waals surface area contributed by atoms with Crippen molar-refractivity contribution in [3.05, 3.63) is 0 Å². The van der Waals surface area contributed by atoms with Crippen molar-refractivity contribution >= 4 is 5.97 Å². The fraction of sp³-hybridized carbons (Fsp3) is 0.923. The summed E-state index contributed by atoms with van der Waals surface area (Å²) < 4.78 is 11.1. The minimum atomic E-state index is -0.143. The molecule has 0 bridgehead atoms. The van der Waals surface area contributed by atoms with Crippen LogP contribution in [-0.4, -0.2) is 30.3 Å². The molecular weight excluding hydrogens is 218 g/mol. The molecule has 0 radical (unpaired) electrons. The van der Waals surface area contributed by atoms with Crippen molar-refractivity contribution in [3.8, 4) is 0 Å². The summed E-state index contributed by atoms with van der Waals surface area (Å²) in [6.07, 6.45) is 4.66. The van der Waals surface area contributed by atoms with Crippen LogP contribution in [0.5, 0.6) is 0 Å². The summed E-state index contributed by atoms with van der Waals surface area (Å²) in [4.78, 5) is 11.7. The molecule has 1 saturated carbocycles. The maximum absolute atomic E-state index is 11.7. The van der Waals surface area contributed by atoms with E-state index in [1.165, 1.54) is 12.8 Å². The van der Waals surface area contributed by atoms with E-state index in [4.69, 9.17) is 15.2 Å². The van der Waals surface area contributed by atoms with Crippen LogP contribution in [0.4, 0.5) is 0 Å². The maximum Gasteiger partial charge on any atom is 0.307 e. The Labute approximate surface area is 103 Å². The normalized spacial score (nSPS) is 35.4. The van der Waals surface area contributed by atoms with Gasteiger partial charge in [0.15, 0.2) is 0 Å². The second kappa shape index (κ2) is 5.36. The molecule has 1 heterocycles. The van der Waals surface area contributed by atoms with E-state index < -0.39 is 0 Å². The van der Waals surface area contributed by atoms with Crippen molar-refractivity contribution in [1.82, 2.24) is 0 Å². The lowest BCUT2D eigenvalue weighted by Crippen LogP contribution is -2.36. The zero-order chi connectivity index (χ0) is 12.4. The van der Waals surface area contributed by atoms with Gasteiger partial charge < -0.3 is 15.2 Å². The third kappa shape index (κ3) is 3.96. The number of carbonyl (C=O) groups is 1. The van der Waals surface area contributed by atoms with Crippen molar-refractivity contribution in [3.63, 3.8) is 0 Å². The molecule has 2 aliphatic rings. The SMILES string of the molecule is CC1CC(OC(=O)CC(N)C2CC2)CC(C)O1. The van der Waals surface area contributed by atoms with Gasteiger partial charge in [0.1, 0.15) is 6.10 Å². The lowest BCUT2D eigenvalue weighted by molar-refractivity contribution is -0.160. The van der Waals surface area contributed by atoms with Crippen LogP contribution >= 0.6 is 0 Å². The average Bonchev–Trinajstić information content (AvgIpc) is 2.97. The van der Waals surface area contributed by atoms with E-state index in [1.807, 2.05) is 13.8 Å². The Hall–Kier alpha value is -0.610. The first-order valence-electron chi connectivity index (χ1n) is 6.65. The molecule has 3 atom stereocenters. The smallest absolute Gasteiger partial charge is 0.307 e. The molecule has 2 fully saturated rings. The van der Waals surface area contributed by atoms with Crippen LogP contribution in [0, 0.1) is 5.92 Å². The van der Waals surface area contributed by atoms with Crippen molar-refractivity contribution in [2.24, 2.45) is 11.7 Å². The largest absolute Gasteiger partial charge is 0.462 e. The molecule has 0 aromatic rings. The molecular formula is C13H23NO3. The zero-order valence-electron chi connectivity index (χ0n) is 10.7. The van der Waals surface area contributed by atoms with E-state index in [2.05, 4.69) is 0 Å². The van der Waals surface area contributed by atoms with E-state index in [0.717, 1.165) is 12.8 Å². The first kappa shape index (κ1) is 12.8. The molecule has 0 aromatic carbocycles. The summed E-state index contributed by atoms with van der Waals surface area (Å²) in [6, 6.07) is -0.00260. The molecule has 3 unspecified atom stereocenters. The van der Waals surface area contributed by atoms with Gasteiger partial charge >= 0.3 is 5.97 Å². The molecule has 4 nitrogen and oxygen atoms in total. The molecule has 1 aliphatic carbocycles. The second-order valence-electron chi connectivity index (χ2n) is 5.55. The Morgan fingerprint density at radius 2 is 1.94 bits per heavy atom. The monoisotopic (exact) mass is 241 g/mol. The van der Waals surface area contributed by atoms with E-state index in [1.54, 1.807) is 0 Å². The number of carbonyl (C=O) groups excluding carboxylic acids is 1. The minimum absolute atomic E-state index is 0.00260. The van der Waals surface area contributed by atoms with Gasteiger partial charge in [-0.05, 0) is 32.6 Å². The summed E-state index contributed by atoms with van der Waals surface area (Å²) in [5, 5.41) is 0. The third-order valence-electron chi connectivity index (χ3n) is 3.58. The Balaban J connectivity index is 1.73. The molecule has 17 heavy (non-hydrogen) atoms. The molecule has 98 valence electrons. The Morgan fingerprint density at radius 1 is 1.35 bits per heavy atom. The van der Waals surface area contributed by atoms with E-state index in [-0.39, 0.29) is 30.3 Å². The molecule has 2 rings (SSSR count). The predicted octanol–water partition coefficient (Wildman–Crippen LogP) is 1.61. The molecule has 0 spiro atoms. The van der Waals surface area contributed by atoms with Crippen LogP contribution in [0.2, 0.25) is 0 Å². The minimum Gasteiger partial charge on any atom is -0.462 e. The van der Waals surface area contributed by atoms with Gasteiger partial charge in [-0.2, -0.15) is 0 Å². The van der Waals surface area contributed by atoms with Crippen LogP contribution in [0.25, 0.3) is 0 Å². The highest BCUT2D eigenvalue weighted by molar-refractivity contribution is 5.70. The standard InChI is InChI=1S/C13H23NO3/c1-8-5-11(6-9(2)16-8)17-13(15)7-12(14)10-3-4-10/h8-12H,3-7,14H2,1-2H3. The van der Waals surface area contributed by atoms with Crippen molar-refractivity contribution in [2.75, 3.05) is 0 Å². The quantitative estimate of drug-likeness (QED) is 0.760. The van der Waals surface area contributed by atoms with Gasteiger partial charge in [0.25, 0.3) is 0 Å². The van der Waals surface area contributed by atoms with Gasteiger partial charge in [-0.1, -0.05) is 0 Å². The molecule has 0 amide bonds. The van der Waals surface area contributed by atoms with Gasteiger partial charge in [0, 0.05) is 18.9 Å². The molecule has 1 saturated heterocycles. The molecule has 2 N–H and O–H groups in total. The summed E-state index contributed by atoms with van der Waals surface area (Å²) in [5.74, 6) is 0.408. The summed E-state index contributed by atoms with van der Waals surface area (Å²) in [5.41, 5.74) is 5.91. The maximum atomic E-state index is 11.7. The number of nitrogens with two attached hydrogens (primary N) is 1. The fourth-order valence-electron chi connectivity index (χ4n) is 2.56.